The van der Waals surface area contributed by atoms with Crippen molar-refractivity contribution in [2.75, 3.05) is 6.54 Å². The minimum absolute atomic E-state index is 0.0533. The molecule has 1 heterocycles. The van der Waals surface area contributed by atoms with Crippen LogP contribution in [0, 0.1) is 5.82 Å². The van der Waals surface area contributed by atoms with Crippen LogP contribution >= 0.6 is 59.1 Å². The molecule has 0 aliphatic rings. The number of hydrogen-bond donors (Lipinski definition) is 1. The summed E-state index contributed by atoms with van der Waals surface area (Å²) in [5.41, 5.74) is 1.04. The third-order valence-corrected chi connectivity index (χ3v) is 6.83. The Hall–Kier alpha value is 0.250. The second-order valence-electron chi connectivity index (χ2n) is 4.32. The van der Waals surface area contributed by atoms with E-state index in [9.17, 15) is 4.39 Å². The van der Waals surface area contributed by atoms with Crippen LogP contribution in [0.3, 0.4) is 0 Å². The van der Waals surface area contributed by atoms with E-state index in [4.69, 9.17) is 0 Å². The first-order chi connectivity index (χ1) is 9.52. The summed E-state index contributed by atoms with van der Waals surface area (Å²) < 4.78 is 16.2. The van der Waals surface area contributed by atoms with Crippen molar-refractivity contribution in [3.8, 4) is 0 Å². The number of hydrogen-bond acceptors (Lipinski definition) is 2. The Kier molecular flexibility index (Phi) is 6.23. The molecule has 20 heavy (non-hydrogen) atoms. The molecule has 1 aromatic heterocycles. The molecule has 2 rings (SSSR count). The van der Waals surface area contributed by atoms with Gasteiger partial charge >= 0.3 is 0 Å². The maximum Gasteiger partial charge on any atom is 0.124 e. The van der Waals surface area contributed by atoms with Gasteiger partial charge in [0.1, 0.15) is 5.82 Å². The lowest BCUT2D eigenvalue weighted by molar-refractivity contribution is 0.596. The van der Waals surface area contributed by atoms with Crippen LogP contribution in [0.2, 0.25) is 0 Å². The molecule has 0 radical (unpaired) electrons. The summed E-state index contributed by atoms with van der Waals surface area (Å²) in [6, 6.07) is 6.98. The first-order valence-corrected chi connectivity index (χ1v) is 9.35. The van der Waals surface area contributed by atoms with Gasteiger partial charge in [0.2, 0.25) is 0 Å². The van der Waals surface area contributed by atoms with Crippen molar-refractivity contribution < 1.29 is 4.39 Å². The normalized spacial score (nSPS) is 12.7. The maximum absolute atomic E-state index is 13.3. The van der Waals surface area contributed by atoms with Crippen LogP contribution in [0.1, 0.15) is 29.8 Å². The summed E-state index contributed by atoms with van der Waals surface area (Å²) in [7, 11) is 0. The predicted molar refractivity (Wildman–Crippen MR) is 94.0 cm³/mol. The summed E-state index contributed by atoms with van der Waals surface area (Å²) in [6.07, 6.45) is 1.04. The minimum Gasteiger partial charge on any atom is -0.306 e. The highest BCUT2D eigenvalue weighted by Gasteiger charge is 2.19. The summed E-state index contributed by atoms with van der Waals surface area (Å²) in [5.74, 6) is -0.233. The zero-order valence-corrected chi connectivity index (χ0v) is 16.3. The van der Waals surface area contributed by atoms with E-state index in [1.54, 1.807) is 11.3 Å². The van der Waals surface area contributed by atoms with Gasteiger partial charge in [0.25, 0.3) is 0 Å². The first kappa shape index (κ1) is 16.6. The molecule has 0 saturated heterocycles. The molecule has 2 aromatic rings. The monoisotopic (exact) mass is 483 g/mol. The molecule has 108 valence electrons. The number of thiophene rings is 1. The van der Waals surface area contributed by atoms with Crippen LogP contribution in [0.4, 0.5) is 4.39 Å². The van der Waals surface area contributed by atoms with Gasteiger partial charge in [0.05, 0.1) is 9.83 Å². The van der Waals surface area contributed by atoms with Gasteiger partial charge < -0.3 is 5.32 Å². The molecule has 1 aromatic carbocycles. The number of rotatable bonds is 5. The van der Waals surface area contributed by atoms with Crippen LogP contribution in [-0.2, 0) is 0 Å². The largest absolute Gasteiger partial charge is 0.306 e. The Morgan fingerprint density at radius 2 is 1.95 bits per heavy atom. The van der Waals surface area contributed by atoms with E-state index in [0.717, 1.165) is 31.3 Å². The molecule has 0 aliphatic carbocycles. The Bertz CT molecular complexity index is 581. The first-order valence-electron chi connectivity index (χ1n) is 6.16. The lowest BCUT2D eigenvalue weighted by atomic mass is 10.1. The van der Waals surface area contributed by atoms with Gasteiger partial charge in [-0.25, -0.2) is 4.39 Å². The summed E-state index contributed by atoms with van der Waals surface area (Å²) >= 11 is 12.2. The second kappa shape index (κ2) is 7.49. The standard InChI is InChI=1S/C14H13Br3FNS/c1-2-5-19-13(12-7-11(16)14(17)20-12)9-4-3-8(18)6-10(9)15/h3-4,6-7,13,19H,2,5H2,1H3. The Balaban J connectivity index is 2.41. The van der Waals surface area contributed by atoms with Crippen LogP contribution in [0.15, 0.2) is 37.0 Å². The molecule has 0 aliphatic heterocycles. The Morgan fingerprint density at radius 1 is 1.20 bits per heavy atom. The third kappa shape index (κ3) is 3.91. The molecule has 1 N–H and O–H groups in total. The van der Waals surface area contributed by atoms with Crippen molar-refractivity contribution in [2.24, 2.45) is 0 Å². The van der Waals surface area contributed by atoms with Crippen LogP contribution < -0.4 is 5.32 Å². The average molecular weight is 486 g/mol. The lowest BCUT2D eigenvalue weighted by Gasteiger charge is -2.19. The lowest BCUT2D eigenvalue weighted by Crippen LogP contribution is -2.22. The molecule has 1 unspecified atom stereocenters. The van der Waals surface area contributed by atoms with Crippen molar-refractivity contribution in [1.82, 2.24) is 5.32 Å². The molecular weight excluding hydrogens is 473 g/mol. The van der Waals surface area contributed by atoms with Gasteiger partial charge in [0, 0.05) is 13.8 Å². The van der Waals surface area contributed by atoms with Gasteiger partial charge in [-0.05, 0) is 68.6 Å². The topological polar surface area (TPSA) is 12.0 Å². The van der Waals surface area contributed by atoms with Crippen molar-refractivity contribution in [3.63, 3.8) is 0 Å². The average Bonchev–Trinajstić information content (AvgIpc) is 2.72. The van der Waals surface area contributed by atoms with Crippen molar-refractivity contribution in [2.45, 2.75) is 19.4 Å². The van der Waals surface area contributed by atoms with E-state index in [-0.39, 0.29) is 11.9 Å². The van der Waals surface area contributed by atoms with Crippen LogP contribution in [0.25, 0.3) is 0 Å². The van der Waals surface area contributed by atoms with Gasteiger partial charge in [-0.15, -0.1) is 11.3 Å². The van der Waals surface area contributed by atoms with Crippen molar-refractivity contribution >= 4 is 59.1 Å². The SMILES string of the molecule is CCCNC(c1cc(Br)c(Br)s1)c1ccc(F)cc1Br. The van der Waals surface area contributed by atoms with Crippen molar-refractivity contribution in [1.29, 1.82) is 0 Å². The van der Waals surface area contributed by atoms with E-state index < -0.39 is 0 Å². The number of benzene rings is 1. The third-order valence-electron chi connectivity index (χ3n) is 2.82. The maximum atomic E-state index is 13.3. The molecule has 0 bridgehead atoms. The predicted octanol–water partition coefficient (Wildman–Crippen LogP) is 6.26. The van der Waals surface area contributed by atoms with Crippen LogP contribution in [0.5, 0.6) is 0 Å². The van der Waals surface area contributed by atoms with E-state index >= 15 is 0 Å². The molecule has 1 atom stereocenters. The fourth-order valence-corrected chi connectivity index (χ4v) is 4.66. The van der Waals surface area contributed by atoms with Gasteiger partial charge in [-0.2, -0.15) is 0 Å². The molecule has 0 fully saturated rings. The van der Waals surface area contributed by atoms with Gasteiger partial charge in [-0.1, -0.05) is 28.9 Å². The quantitative estimate of drug-likeness (QED) is 0.526. The van der Waals surface area contributed by atoms with Crippen LogP contribution in [-0.4, -0.2) is 6.54 Å². The van der Waals surface area contributed by atoms with E-state index in [1.807, 2.05) is 6.07 Å². The van der Waals surface area contributed by atoms with Gasteiger partial charge in [0.15, 0.2) is 0 Å². The fraction of sp³-hybridized carbons (Fsp3) is 0.286. The highest BCUT2D eigenvalue weighted by molar-refractivity contribution is 9.13. The summed E-state index contributed by atoms with van der Waals surface area (Å²) in [4.78, 5) is 1.18. The highest BCUT2D eigenvalue weighted by Crippen LogP contribution is 2.39. The number of halogens is 4. The van der Waals surface area contributed by atoms with E-state index in [1.165, 1.54) is 17.0 Å². The zero-order valence-electron chi connectivity index (χ0n) is 10.7. The Morgan fingerprint density at radius 3 is 2.50 bits per heavy atom. The highest BCUT2D eigenvalue weighted by atomic mass is 79.9. The summed E-state index contributed by atoms with van der Waals surface area (Å²) in [5, 5.41) is 3.52. The number of nitrogens with one attached hydrogen (secondary N) is 1. The van der Waals surface area contributed by atoms with Gasteiger partial charge in [-0.3, -0.25) is 0 Å². The zero-order chi connectivity index (χ0) is 14.7. The molecule has 0 saturated carbocycles. The smallest absolute Gasteiger partial charge is 0.124 e. The van der Waals surface area contributed by atoms with E-state index in [2.05, 4.69) is 66.1 Å². The molecule has 6 heteroatoms. The Labute approximate surface area is 147 Å². The second-order valence-corrected chi connectivity index (χ2v) is 8.43. The fourth-order valence-electron chi connectivity index (χ4n) is 1.89. The summed E-state index contributed by atoms with van der Waals surface area (Å²) in [6.45, 7) is 3.03. The molecule has 0 spiro atoms. The van der Waals surface area contributed by atoms with Crippen molar-refractivity contribution in [3.05, 3.63) is 53.3 Å². The molecule has 0 amide bonds. The molecule has 1 nitrogen and oxygen atoms in total. The van der Waals surface area contributed by atoms with E-state index in [0.29, 0.717) is 0 Å². The minimum atomic E-state index is -0.233. The molecular formula is C14H13Br3FNS.